The second kappa shape index (κ2) is 2.14. The molecule has 0 aromatic carbocycles. The van der Waals surface area contributed by atoms with Crippen LogP contribution in [0.15, 0.2) is 26.0 Å². The standard InChI is InChI=1S/C8H7NO3/c1-4-3-11-8-5(10)2-6(9)12-7(4)8/h2-3H,9H2,1H3. The average molecular weight is 165 g/mol. The lowest BCUT2D eigenvalue weighted by Gasteiger charge is -1.91. The molecule has 0 bridgehead atoms. The Labute approximate surface area is 67.6 Å². The Hall–Kier alpha value is -1.71. The smallest absolute Gasteiger partial charge is 0.230 e. The third-order valence-electron chi connectivity index (χ3n) is 1.63. The topological polar surface area (TPSA) is 69.4 Å². The van der Waals surface area contributed by atoms with Crippen LogP contribution in [-0.2, 0) is 0 Å². The molecule has 4 heteroatoms. The number of nitrogens with two attached hydrogens (primary N) is 1. The molecule has 0 aliphatic heterocycles. The Balaban J connectivity index is 3.03. The second-order valence-electron chi connectivity index (χ2n) is 2.59. The Kier molecular flexibility index (Phi) is 1.24. The van der Waals surface area contributed by atoms with Crippen LogP contribution in [0.25, 0.3) is 11.2 Å². The van der Waals surface area contributed by atoms with Crippen molar-refractivity contribution in [3.63, 3.8) is 0 Å². The van der Waals surface area contributed by atoms with Crippen LogP contribution in [0.2, 0.25) is 0 Å². The number of hydrogen-bond acceptors (Lipinski definition) is 4. The first-order valence-corrected chi connectivity index (χ1v) is 3.46. The van der Waals surface area contributed by atoms with Crippen molar-refractivity contribution in [2.45, 2.75) is 6.92 Å². The summed E-state index contributed by atoms with van der Waals surface area (Å²) in [5.74, 6) is 0.108. The van der Waals surface area contributed by atoms with Gasteiger partial charge in [-0.3, -0.25) is 4.79 Å². The zero-order valence-electron chi connectivity index (χ0n) is 6.46. The molecule has 0 saturated carbocycles. The molecule has 0 amide bonds. The number of aryl methyl sites for hydroxylation is 1. The van der Waals surface area contributed by atoms with Gasteiger partial charge in [-0.1, -0.05) is 0 Å². The summed E-state index contributed by atoms with van der Waals surface area (Å²) in [6.45, 7) is 1.79. The van der Waals surface area contributed by atoms with E-state index in [1.54, 1.807) is 6.92 Å². The predicted octanol–water partition coefficient (Wildman–Crippen LogP) is 1.28. The van der Waals surface area contributed by atoms with E-state index in [1.165, 1.54) is 12.3 Å². The van der Waals surface area contributed by atoms with Crippen LogP contribution in [0.3, 0.4) is 0 Å². The van der Waals surface area contributed by atoms with Crippen molar-refractivity contribution in [1.82, 2.24) is 0 Å². The maximum absolute atomic E-state index is 11.2. The summed E-state index contributed by atoms with van der Waals surface area (Å²) >= 11 is 0. The monoisotopic (exact) mass is 165 g/mol. The number of nitrogen functional groups attached to an aromatic ring is 1. The fraction of sp³-hybridized carbons (Fsp3) is 0.125. The number of anilines is 1. The van der Waals surface area contributed by atoms with E-state index in [4.69, 9.17) is 14.6 Å². The Morgan fingerprint density at radius 3 is 2.92 bits per heavy atom. The average Bonchev–Trinajstić information content (AvgIpc) is 2.33. The van der Waals surface area contributed by atoms with E-state index in [9.17, 15) is 4.79 Å². The van der Waals surface area contributed by atoms with Gasteiger partial charge in [0.25, 0.3) is 0 Å². The largest absolute Gasteiger partial charge is 0.456 e. The summed E-state index contributed by atoms with van der Waals surface area (Å²) in [6.07, 6.45) is 1.47. The normalized spacial score (nSPS) is 10.8. The number of fused-ring (bicyclic) bond motifs is 1. The minimum atomic E-state index is -0.248. The van der Waals surface area contributed by atoms with Crippen molar-refractivity contribution in [2.75, 3.05) is 5.73 Å². The molecule has 0 spiro atoms. The van der Waals surface area contributed by atoms with Gasteiger partial charge in [0.1, 0.15) is 0 Å². The van der Waals surface area contributed by atoms with Crippen molar-refractivity contribution < 1.29 is 8.83 Å². The van der Waals surface area contributed by atoms with Gasteiger partial charge in [0, 0.05) is 11.6 Å². The lowest BCUT2D eigenvalue weighted by molar-refractivity contribution is 0.589. The molecule has 0 aliphatic carbocycles. The molecular weight excluding hydrogens is 158 g/mol. The lowest BCUT2D eigenvalue weighted by atomic mass is 10.3. The summed E-state index contributed by atoms with van der Waals surface area (Å²) in [5.41, 5.74) is 6.52. The molecule has 0 aliphatic rings. The SMILES string of the molecule is Cc1coc2c(=O)cc(N)oc12. The van der Waals surface area contributed by atoms with Gasteiger partial charge < -0.3 is 14.6 Å². The molecule has 0 atom stereocenters. The molecule has 4 nitrogen and oxygen atoms in total. The first kappa shape index (κ1) is 6.97. The first-order valence-electron chi connectivity index (χ1n) is 3.46. The maximum Gasteiger partial charge on any atom is 0.230 e. The number of furan rings is 1. The lowest BCUT2D eigenvalue weighted by Crippen LogP contribution is -2.00. The highest BCUT2D eigenvalue weighted by Crippen LogP contribution is 2.18. The van der Waals surface area contributed by atoms with Crippen LogP contribution >= 0.6 is 0 Å². The highest BCUT2D eigenvalue weighted by Gasteiger charge is 2.08. The molecule has 0 unspecified atom stereocenters. The van der Waals surface area contributed by atoms with E-state index in [-0.39, 0.29) is 16.9 Å². The van der Waals surface area contributed by atoms with E-state index in [0.29, 0.717) is 5.58 Å². The summed E-state index contributed by atoms with van der Waals surface area (Å²) in [6, 6.07) is 1.20. The third-order valence-corrected chi connectivity index (χ3v) is 1.63. The van der Waals surface area contributed by atoms with Crippen molar-refractivity contribution in [2.24, 2.45) is 0 Å². The van der Waals surface area contributed by atoms with Crippen molar-refractivity contribution in [1.29, 1.82) is 0 Å². The predicted molar refractivity (Wildman–Crippen MR) is 43.9 cm³/mol. The quantitative estimate of drug-likeness (QED) is 0.638. The minimum absolute atomic E-state index is 0.108. The van der Waals surface area contributed by atoms with Crippen LogP contribution in [0.5, 0.6) is 0 Å². The minimum Gasteiger partial charge on any atom is -0.456 e. The molecule has 2 N–H and O–H groups in total. The summed E-state index contributed by atoms with van der Waals surface area (Å²) in [7, 11) is 0. The van der Waals surface area contributed by atoms with Crippen LogP contribution in [0.4, 0.5) is 5.88 Å². The fourth-order valence-electron chi connectivity index (χ4n) is 1.07. The molecule has 12 heavy (non-hydrogen) atoms. The van der Waals surface area contributed by atoms with Gasteiger partial charge in [-0.05, 0) is 6.92 Å². The van der Waals surface area contributed by atoms with Crippen molar-refractivity contribution in [3.8, 4) is 0 Å². The molecule has 0 fully saturated rings. The van der Waals surface area contributed by atoms with E-state index in [2.05, 4.69) is 0 Å². The summed E-state index contributed by atoms with van der Waals surface area (Å²) in [5, 5.41) is 0. The van der Waals surface area contributed by atoms with Crippen LogP contribution in [0.1, 0.15) is 5.56 Å². The van der Waals surface area contributed by atoms with E-state index in [0.717, 1.165) is 5.56 Å². The highest BCUT2D eigenvalue weighted by atomic mass is 16.4. The summed E-state index contributed by atoms with van der Waals surface area (Å²) in [4.78, 5) is 11.2. The molecular formula is C8H7NO3. The molecule has 62 valence electrons. The first-order chi connectivity index (χ1) is 5.68. The van der Waals surface area contributed by atoms with Gasteiger partial charge in [-0.25, -0.2) is 0 Å². The maximum atomic E-state index is 11.2. The molecule has 2 aromatic rings. The second-order valence-corrected chi connectivity index (χ2v) is 2.59. The fourth-order valence-corrected chi connectivity index (χ4v) is 1.07. The third kappa shape index (κ3) is 0.812. The van der Waals surface area contributed by atoms with Gasteiger partial charge >= 0.3 is 0 Å². The van der Waals surface area contributed by atoms with E-state index < -0.39 is 0 Å². The molecule has 2 rings (SSSR count). The van der Waals surface area contributed by atoms with Gasteiger partial charge in [0.2, 0.25) is 11.0 Å². The molecule has 2 aromatic heterocycles. The zero-order chi connectivity index (χ0) is 8.72. The Bertz CT molecular complexity index is 480. The van der Waals surface area contributed by atoms with Crippen LogP contribution in [-0.4, -0.2) is 0 Å². The van der Waals surface area contributed by atoms with Crippen LogP contribution < -0.4 is 11.2 Å². The Morgan fingerprint density at radius 2 is 2.17 bits per heavy atom. The zero-order valence-corrected chi connectivity index (χ0v) is 6.46. The number of hydrogen-bond donors (Lipinski definition) is 1. The number of rotatable bonds is 0. The van der Waals surface area contributed by atoms with Gasteiger partial charge in [0.15, 0.2) is 11.5 Å². The van der Waals surface area contributed by atoms with Gasteiger partial charge in [0.05, 0.1) is 6.26 Å². The highest BCUT2D eigenvalue weighted by molar-refractivity contribution is 5.74. The van der Waals surface area contributed by atoms with E-state index >= 15 is 0 Å². The Morgan fingerprint density at radius 1 is 1.42 bits per heavy atom. The molecule has 0 radical (unpaired) electrons. The van der Waals surface area contributed by atoms with Crippen LogP contribution in [0, 0.1) is 6.92 Å². The van der Waals surface area contributed by atoms with Crippen molar-refractivity contribution >= 4 is 17.1 Å². The van der Waals surface area contributed by atoms with Gasteiger partial charge in [-0.2, -0.15) is 0 Å². The summed E-state index contributed by atoms with van der Waals surface area (Å²) < 4.78 is 10.1. The van der Waals surface area contributed by atoms with E-state index in [1.807, 2.05) is 0 Å². The molecule has 2 heterocycles. The van der Waals surface area contributed by atoms with Gasteiger partial charge in [-0.15, -0.1) is 0 Å². The van der Waals surface area contributed by atoms with Crippen molar-refractivity contribution in [3.05, 3.63) is 28.1 Å². The molecule has 0 saturated heterocycles.